The average molecular weight is 347 g/mol. The number of carboxylic acids is 1. The van der Waals surface area contributed by atoms with E-state index in [-0.39, 0.29) is 12.1 Å². The third-order valence-corrected chi connectivity index (χ3v) is 5.18. The maximum Gasteiger partial charge on any atom is 0.329 e. The van der Waals surface area contributed by atoms with Gasteiger partial charge in [0.25, 0.3) is 5.56 Å². The van der Waals surface area contributed by atoms with Crippen LogP contribution in [-0.4, -0.2) is 43.8 Å². The van der Waals surface area contributed by atoms with E-state index in [1.807, 2.05) is 0 Å². The molecule has 24 heavy (non-hydrogen) atoms. The number of carboxylic acid groups (broad SMARTS) is 1. The second-order valence-corrected chi connectivity index (χ2v) is 6.97. The number of fused-ring (bicyclic) bond motifs is 1. The van der Waals surface area contributed by atoms with Gasteiger partial charge in [-0.1, -0.05) is 18.2 Å². The van der Waals surface area contributed by atoms with E-state index in [1.54, 1.807) is 36.0 Å². The lowest BCUT2D eigenvalue weighted by Gasteiger charge is -2.33. The van der Waals surface area contributed by atoms with Crippen molar-refractivity contribution in [1.29, 1.82) is 0 Å². The van der Waals surface area contributed by atoms with Gasteiger partial charge >= 0.3 is 5.97 Å². The highest BCUT2D eigenvalue weighted by atomic mass is 32.2. The van der Waals surface area contributed by atoms with Crippen LogP contribution in [0.1, 0.15) is 12.8 Å². The van der Waals surface area contributed by atoms with Crippen LogP contribution in [-0.2, 0) is 16.1 Å². The minimum atomic E-state index is -1.25. The monoisotopic (exact) mass is 347 g/mol. The molecule has 0 aliphatic carbocycles. The van der Waals surface area contributed by atoms with Crippen LogP contribution in [0.2, 0.25) is 0 Å². The summed E-state index contributed by atoms with van der Waals surface area (Å²) in [7, 11) is 0. The molecular weight excluding hydrogens is 330 g/mol. The van der Waals surface area contributed by atoms with Gasteiger partial charge in [0, 0.05) is 5.39 Å². The zero-order valence-corrected chi connectivity index (χ0v) is 13.7. The van der Waals surface area contributed by atoms with Crippen LogP contribution in [0.25, 0.3) is 10.8 Å². The summed E-state index contributed by atoms with van der Waals surface area (Å²) in [5, 5.41) is 17.3. The highest BCUT2D eigenvalue weighted by Gasteiger charge is 2.41. The molecule has 0 radical (unpaired) electrons. The van der Waals surface area contributed by atoms with Crippen LogP contribution in [0.3, 0.4) is 0 Å². The Balaban J connectivity index is 1.81. The number of nitrogens with zero attached hydrogens (tertiary/aromatic N) is 2. The van der Waals surface area contributed by atoms with Crippen molar-refractivity contribution >= 4 is 34.4 Å². The molecule has 2 heterocycles. The summed E-state index contributed by atoms with van der Waals surface area (Å²) in [6.07, 6.45) is 2.27. The summed E-state index contributed by atoms with van der Waals surface area (Å²) >= 11 is 1.67. The number of thioether (sulfide) groups is 1. The first-order valence-electron chi connectivity index (χ1n) is 7.59. The number of carbonyl (C=O) groups is 2. The lowest BCUT2D eigenvalue weighted by molar-refractivity contribution is -0.148. The Morgan fingerprint density at radius 3 is 2.71 bits per heavy atom. The molecule has 1 aromatic carbocycles. The van der Waals surface area contributed by atoms with E-state index in [0.717, 1.165) is 4.68 Å². The zero-order valence-electron chi connectivity index (χ0n) is 12.9. The summed E-state index contributed by atoms with van der Waals surface area (Å²) in [6.45, 7) is -0.300. The smallest absolute Gasteiger partial charge is 0.329 e. The molecule has 3 rings (SSSR count). The molecular formula is C16H17N3O4S. The Bertz CT molecular complexity index is 843. The first-order chi connectivity index (χ1) is 11.5. The van der Waals surface area contributed by atoms with Crippen molar-refractivity contribution in [3.63, 3.8) is 0 Å². The lowest BCUT2D eigenvalue weighted by Crippen LogP contribution is -2.57. The number of hydrogen-bond acceptors (Lipinski definition) is 5. The second kappa shape index (κ2) is 6.64. The molecule has 1 amide bonds. The van der Waals surface area contributed by atoms with Crippen molar-refractivity contribution in [2.45, 2.75) is 24.9 Å². The van der Waals surface area contributed by atoms with Crippen LogP contribution in [0, 0.1) is 0 Å². The Hall–Kier alpha value is -2.35. The number of benzene rings is 1. The number of carbonyl (C=O) groups excluding carboxylic acids is 1. The molecule has 1 fully saturated rings. The normalized spacial score (nSPS) is 16.7. The van der Waals surface area contributed by atoms with E-state index in [0.29, 0.717) is 35.1 Å². The van der Waals surface area contributed by atoms with Gasteiger partial charge < -0.3 is 10.4 Å². The number of hydrogen-bond donors (Lipinski definition) is 2. The van der Waals surface area contributed by atoms with Crippen LogP contribution < -0.4 is 10.9 Å². The van der Waals surface area contributed by atoms with Gasteiger partial charge in [-0.25, -0.2) is 9.48 Å². The summed E-state index contributed by atoms with van der Waals surface area (Å²) in [5.74, 6) is -0.189. The van der Waals surface area contributed by atoms with Crippen molar-refractivity contribution in [1.82, 2.24) is 15.1 Å². The van der Waals surface area contributed by atoms with Gasteiger partial charge in [-0.2, -0.15) is 16.9 Å². The van der Waals surface area contributed by atoms with Crippen molar-refractivity contribution < 1.29 is 14.7 Å². The molecule has 1 saturated heterocycles. The molecule has 0 saturated carbocycles. The van der Waals surface area contributed by atoms with Crippen LogP contribution in [0.5, 0.6) is 0 Å². The number of amides is 1. The third-order valence-electron chi connectivity index (χ3n) is 4.19. The van der Waals surface area contributed by atoms with E-state index in [2.05, 4.69) is 10.4 Å². The van der Waals surface area contributed by atoms with Gasteiger partial charge in [-0.3, -0.25) is 9.59 Å². The van der Waals surface area contributed by atoms with E-state index < -0.39 is 17.4 Å². The van der Waals surface area contributed by atoms with Crippen LogP contribution in [0.15, 0.2) is 35.3 Å². The molecule has 1 aliphatic rings. The summed E-state index contributed by atoms with van der Waals surface area (Å²) in [6, 6.07) is 6.99. The summed E-state index contributed by atoms with van der Waals surface area (Å²) in [4.78, 5) is 36.3. The molecule has 7 nitrogen and oxygen atoms in total. The fourth-order valence-corrected chi connectivity index (χ4v) is 3.98. The van der Waals surface area contributed by atoms with Crippen LogP contribution >= 0.6 is 11.8 Å². The minimum Gasteiger partial charge on any atom is -0.480 e. The van der Waals surface area contributed by atoms with Crippen molar-refractivity contribution in [3.8, 4) is 0 Å². The maximum atomic E-state index is 12.4. The zero-order chi connectivity index (χ0) is 17.2. The molecule has 0 bridgehead atoms. The Kier molecular flexibility index (Phi) is 4.57. The highest BCUT2D eigenvalue weighted by molar-refractivity contribution is 7.99. The maximum absolute atomic E-state index is 12.4. The second-order valence-electron chi connectivity index (χ2n) is 5.74. The molecule has 8 heteroatoms. The highest BCUT2D eigenvalue weighted by Crippen LogP contribution is 2.27. The largest absolute Gasteiger partial charge is 0.480 e. The molecule has 0 spiro atoms. The molecule has 126 valence electrons. The number of rotatable bonds is 4. The van der Waals surface area contributed by atoms with Crippen molar-refractivity contribution in [3.05, 3.63) is 40.8 Å². The quantitative estimate of drug-likeness (QED) is 0.851. The fraction of sp³-hybridized carbons (Fsp3) is 0.375. The third kappa shape index (κ3) is 3.14. The summed E-state index contributed by atoms with van der Waals surface area (Å²) in [5.41, 5.74) is -1.62. The van der Waals surface area contributed by atoms with E-state index in [1.165, 1.54) is 6.20 Å². The van der Waals surface area contributed by atoms with Gasteiger partial charge in [-0.15, -0.1) is 0 Å². The Morgan fingerprint density at radius 1 is 1.29 bits per heavy atom. The molecule has 0 atom stereocenters. The number of aromatic nitrogens is 2. The van der Waals surface area contributed by atoms with Crippen LogP contribution in [0.4, 0.5) is 0 Å². The fourth-order valence-electron chi connectivity index (χ4n) is 2.79. The minimum absolute atomic E-state index is 0.300. The Labute approximate surface area is 142 Å². The predicted molar refractivity (Wildman–Crippen MR) is 91.1 cm³/mol. The number of aliphatic carboxylic acids is 1. The SMILES string of the molecule is O=C(Cn1ncc2ccccc2c1=O)NC1(C(=O)O)CCSCC1. The average Bonchev–Trinajstić information content (AvgIpc) is 2.58. The van der Waals surface area contributed by atoms with Gasteiger partial charge in [0.05, 0.1) is 11.6 Å². The predicted octanol–water partition coefficient (Wildman–Crippen LogP) is 0.863. The van der Waals surface area contributed by atoms with Gasteiger partial charge in [0.2, 0.25) is 5.91 Å². The van der Waals surface area contributed by atoms with Crippen molar-refractivity contribution in [2.24, 2.45) is 0 Å². The standard InChI is InChI=1S/C16H17N3O4S/c20-13(18-16(15(22)23)5-7-24-8-6-16)10-19-14(21)12-4-2-1-3-11(12)9-17-19/h1-4,9H,5-8,10H2,(H,18,20)(H,22,23). The molecule has 0 unspecified atom stereocenters. The van der Waals surface area contributed by atoms with E-state index in [9.17, 15) is 19.5 Å². The van der Waals surface area contributed by atoms with Gasteiger partial charge in [0.15, 0.2) is 0 Å². The first-order valence-corrected chi connectivity index (χ1v) is 8.74. The van der Waals surface area contributed by atoms with Gasteiger partial charge in [-0.05, 0) is 30.4 Å². The van der Waals surface area contributed by atoms with Gasteiger partial charge in [0.1, 0.15) is 12.1 Å². The first kappa shape index (κ1) is 16.5. The summed E-state index contributed by atoms with van der Waals surface area (Å²) < 4.78 is 1.06. The molecule has 1 aromatic heterocycles. The van der Waals surface area contributed by atoms with Crippen molar-refractivity contribution in [2.75, 3.05) is 11.5 Å². The molecule has 2 N–H and O–H groups in total. The van der Waals surface area contributed by atoms with E-state index >= 15 is 0 Å². The molecule has 2 aromatic rings. The van der Waals surface area contributed by atoms with E-state index in [4.69, 9.17) is 0 Å². The topological polar surface area (TPSA) is 101 Å². The lowest BCUT2D eigenvalue weighted by atomic mass is 9.92. The number of nitrogens with one attached hydrogen (secondary N) is 1. The Morgan fingerprint density at radius 2 is 2.00 bits per heavy atom. The molecule has 1 aliphatic heterocycles.